The van der Waals surface area contributed by atoms with Gasteiger partial charge in [-0.15, -0.1) is 0 Å². The predicted octanol–water partition coefficient (Wildman–Crippen LogP) is 3.90. The molecule has 0 amide bonds. The third-order valence-electron chi connectivity index (χ3n) is 3.79. The number of rotatable bonds is 5. The third-order valence-corrected chi connectivity index (χ3v) is 3.79. The van der Waals surface area contributed by atoms with Crippen LogP contribution in [-0.2, 0) is 0 Å². The average Bonchev–Trinajstić information content (AvgIpc) is 3.03. The maximum Gasteiger partial charge on any atom is 0.311 e. The molecule has 0 aliphatic carbocycles. The first kappa shape index (κ1) is 17.1. The summed E-state index contributed by atoms with van der Waals surface area (Å²) >= 11 is 0. The lowest BCUT2D eigenvalue weighted by atomic mass is 10.1. The Bertz CT molecular complexity index is 1010. The zero-order valence-electron chi connectivity index (χ0n) is 13.8. The molecule has 0 saturated carbocycles. The Kier molecular flexibility index (Phi) is 4.62. The maximum absolute atomic E-state index is 12.4. The maximum atomic E-state index is 12.4. The minimum absolute atomic E-state index is 0.286. The molecule has 0 unspecified atom stereocenters. The average molecular weight is 349 g/mol. The number of allylic oxidation sites excluding steroid dienone is 1. The van der Waals surface area contributed by atoms with Crippen LogP contribution in [0.3, 0.4) is 0 Å². The second-order valence-corrected chi connectivity index (χ2v) is 5.63. The molecular formula is C19H15N3O4. The molecule has 0 saturated heterocycles. The molecule has 26 heavy (non-hydrogen) atoms. The molecule has 0 radical (unpaired) electrons. The molecule has 7 heteroatoms. The Balaban J connectivity index is 1.85. The van der Waals surface area contributed by atoms with Gasteiger partial charge < -0.3 is 10.1 Å². The van der Waals surface area contributed by atoms with Crippen molar-refractivity contribution in [2.75, 3.05) is 0 Å². The van der Waals surface area contributed by atoms with Crippen LogP contribution in [0.15, 0.2) is 54.6 Å². The van der Waals surface area contributed by atoms with E-state index in [0.29, 0.717) is 17.1 Å². The number of nitrogens with zero attached hydrogens (tertiary/aromatic N) is 2. The first-order valence-corrected chi connectivity index (χ1v) is 7.77. The molecule has 0 fully saturated rings. The highest BCUT2D eigenvalue weighted by Crippen LogP contribution is 2.27. The van der Waals surface area contributed by atoms with Gasteiger partial charge in [0.2, 0.25) is 5.78 Å². The minimum atomic E-state index is -0.682. The molecule has 0 bridgehead atoms. The number of nitro groups is 1. The third kappa shape index (κ3) is 3.51. The number of aryl methyl sites for hydroxylation is 1. The molecule has 0 aliphatic heterocycles. The van der Waals surface area contributed by atoms with Crippen molar-refractivity contribution in [1.29, 1.82) is 0 Å². The number of phenolic OH excluding ortho intramolecular Hbond substituents is 1. The second kappa shape index (κ2) is 7.02. The number of imidazole rings is 1. The molecule has 1 aromatic heterocycles. The van der Waals surface area contributed by atoms with E-state index in [1.165, 1.54) is 30.4 Å². The fourth-order valence-electron chi connectivity index (χ4n) is 2.47. The van der Waals surface area contributed by atoms with E-state index in [1.807, 2.05) is 30.3 Å². The number of nitro benzene ring substituents is 1. The number of phenols is 1. The van der Waals surface area contributed by atoms with Crippen LogP contribution >= 0.6 is 0 Å². The van der Waals surface area contributed by atoms with Gasteiger partial charge in [-0.1, -0.05) is 42.5 Å². The van der Waals surface area contributed by atoms with E-state index in [0.717, 1.165) is 5.56 Å². The standard InChI is InChI=1S/C19H15N3O4/c1-12-18(21-19(20-12)14-5-3-2-4-6-14)17(24)10-8-13-7-9-16(23)15(11-13)22(25)26/h2-11,23H,1H3,(H,20,21)/b10-8+. The number of ketones is 1. The Hall–Kier alpha value is -3.74. The van der Waals surface area contributed by atoms with Crippen LogP contribution in [0, 0.1) is 17.0 Å². The highest BCUT2D eigenvalue weighted by molar-refractivity contribution is 6.06. The topological polar surface area (TPSA) is 109 Å². The first-order chi connectivity index (χ1) is 12.5. The largest absolute Gasteiger partial charge is 0.502 e. The van der Waals surface area contributed by atoms with Crippen LogP contribution in [0.4, 0.5) is 5.69 Å². The quantitative estimate of drug-likeness (QED) is 0.314. The molecule has 0 aliphatic rings. The van der Waals surface area contributed by atoms with Crippen molar-refractivity contribution in [1.82, 2.24) is 9.97 Å². The van der Waals surface area contributed by atoms with Gasteiger partial charge in [0.1, 0.15) is 11.5 Å². The van der Waals surface area contributed by atoms with Gasteiger partial charge in [0.25, 0.3) is 0 Å². The van der Waals surface area contributed by atoms with Crippen LogP contribution in [0.25, 0.3) is 17.5 Å². The van der Waals surface area contributed by atoms with Crippen molar-refractivity contribution in [3.8, 4) is 17.1 Å². The summed E-state index contributed by atoms with van der Waals surface area (Å²) in [5.74, 6) is -0.147. The summed E-state index contributed by atoms with van der Waals surface area (Å²) in [7, 11) is 0. The number of carbonyl (C=O) groups excluding carboxylic acids is 1. The fraction of sp³-hybridized carbons (Fsp3) is 0.0526. The van der Waals surface area contributed by atoms with E-state index in [4.69, 9.17) is 0 Å². The van der Waals surface area contributed by atoms with Gasteiger partial charge in [-0.05, 0) is 24.6 Å². The van der Waals surface area contributed by atoms with Gasteiger partial charge in [0, 0.05) is 17.3 Å². The number of aromatic amines is 1. The number of benzene rings is 2. The van der Waals surface area contributed by atoms with Gasteiger partial charge in [-0.2, -0.15) is 0 Å². The van der Waals surface area contributed by atoms with Crippen molar-refractivity contribution >= 4 is 17.5 Å². The summed E-state index contributed by atoms with van der Waals surface area (Å²) in [4.78, 5) is 30.0. The number of carbonyl (C=O) groups is 1. The number of nitrogens with one attached hydrogen (secondary N) is 1. The van der Waals surface area contributed by atoms with E-state index >= 15 is 0 Å². The summed E-state index contributed by atoms with van der Waals surface area (Å²) < 4.78 is 0. The van der Waals surface area contributed by atoms with E-state index in [9.17, 15) is 20.0 Å². The highest BCUT2D eigenvalue weighted by atomic mass is 16.6. The molecule has 2 aromatic carbocycles. The van der Waals surface area contributed by atoms with E-state index in [2.05, 4.69) is 9.97 Å². The van der Waals surface area contributed by atoms with E-state index in [-0.39, 0.29) is 11.5 Å². The second-order valence-electron chi connectivity index (χ2n) is 5.63. The molecule has 0 spiro atoms. The zero-order valence-corrected chi connectivity index (χ0v) is 13.8. The van der Waals surface area contributed by atoms with Crippen LogP contribution in [0.2, 0.25) is 0 Å². The van der Waals surface area contributed by atoms with Crippen molar-refractivity contribution in [3.05, 3.63) is 81.7 Å². The number of aromatic hydroxyl groups is 1. The molecule has 130 valence electrons. The molecule has 0 atom stereocenters. The summed E-state index contributed by atoms with van der Waals surface area (Å²) in [5, 5.41) is 20.3. The van der Waals surface area contributed by atoms with Gasteiger partial charge in [0.05, 0.1) is 4.92 Å². The Morgan fingerprint density at radius 1 is 1.23 bits per heavy atom. The smallest absolute Gasteiger partial charge is 0.311 e. The molecule has 7 nitrogen and oxygen atoms in total. The number of aromatic nitrogens is 2. The van der Waals surface area contributed by atoms with E-state index in [1.54, 1.807) is 6.92 Å². The van der Waals surface area contributed by atoms with Gasteiger partial charge in [0.15, 0.2) is 5.75 Å². The first-order valence-electron chi connectivity index (χ1n) is 7.77. The lowest BCUT2D eigenvalue weighted by Crippen LogP contribution is -1.97. The Morgan fingerprint density at radius 3 is 2.65 bits per heavy atom. The van der Waals surface area contributed by atoms with Crippen LogP contribution < -0.4 is 0 Å². The summed E-state index contributed by atoms with van der Waals surface area (Å²) in [6, 6.07) is 13.3. The normalized spacial score (nSPS) is 11.0. The van der Waals surface area contributed by atoms with Gasteiger partial charge >= 0.3 is 5.69 Å². The summed E-state index contributed by atoms with van der Waals surface area (Å²) in [5.41, 5.74) is 1.80. The van der Waals surface area contributed by atoms with E-state index < -0.39 is 16.4 Å². The Morgan fingerprint density at radius 2 is 1.96 bits per heavy atom. The number of hydrogen-bond donors (Lipinski definition) is 2. The minimum Gasteiger partial charge on any atom is -0.502 e. The van der Waals surface area contributed by atoms with Crippen LogP contribution in [-0.4, -0.2) is 25.8 Å². The summed E-state index contributed by atoms with van der Waals surface area (Å²) in [6.07, 6.45) is 2.75. The predicted molar refractivity (Wildman–Crippen MR) is 96.9 cm³/mol. The lowest BCUT2D eigenvalue weighted by molar-refractivity contribution is -0.385. The Labute approximate surface area is 148 Å². The summed E-state index contributed by atoms with van der Waals surface area (Å²) in [6.45, 7) is 1.76. The highest BCUT2D eigenvalue weighted by Gasteiger charge is 2.15. The monoisotopic (exact) mass is 349 g/mol. The van der Waals surface area contributed by atoms with Crippen LogP contribution in [0.5, 0.6) is 5.75 Å². The molecular weight excluding hydrogens is 334 g/mol. The number of H-pyrrole nitrogens is 1. The zero-order chi connectivity index (χ0) is 18.7. The van der Waals surface area contributed by atoms with Crippen molar-refractivity contribution in [2.45, 2.75) is 6.92 Å². The van der Waals surface area contributed by atoms with Crippen molar-refractivity contribution in [3.63, 3.8) is 0 Å². The molecule has 3 rings (SSSR count). The number of hydrogen-bond acceptors (Lipinski definition) is 5. The van der Waals surface area contributed by atoms with Gasteiger partial charge in [-0.3, -0.25) is 14.9 Å². The SMILES string of the molecule is Cc1[nH]c(-c2ccccc2)nc1C(=O)/C=C/c1ccc(O)c([N+](=O)[O-])c1. The van der Waals surface area contributed by atoms with Crippen molar-refractivity contribution < 1.29 is 14.8 Å². The van der Waals surface area contributed by atoms with Crippen LogP contribution in [0.1, 0.15) is 21.7 Å². The van der Waals surface area contributed by atoms with Crippen molar-refractivity contribution in [2.24, 2.45) is 0 Å². The molecule has 2 N–H and O–H groups in total. The molecule has 1 heterocycles. The lowest BCUT2D eigenvalue weighted by Gasteiger charge is -1.97. The fourth-order valence-corrected chi connectivity index (χ4v) is 2.47. The van der Waals surface area contributed by atoms with Gasteiger partial charge in [-0.25, -0.2) is 4.98 Å². The molecule has 3 aromatic rings.